The van der Waals surface area contributed by atoms with Crippen LogP contribution in [0.2, 0.25) is 5.02 Å². The molecule has 0 radical (unpaired) electrons. The van der Waals surface area contributed by atoms with E-state index in [1.165, 1.54) is 12.1 Å². The number of halogens is 1. The number of nitrogens with zero attached hydrogens (tertiary/aromatic N) is 2. The van der Waals surface area contributed by atoms with Gasteiger partial charge >= 0.3 is 0 Å². The summed E-state index contributed by atoms with van der Waals surface area (Å²) >= 11 is 5.99. The molecule has 8 heteroatoms. The zero-order valence-electron chi connectivity index (χ0n) is 17.2. The van der Waals surface area contributed by atoms with Crippen molar-refractivity contribution < 1.29 is 14.4 Å². The molecular formula is C23H23ClN4O3. The Balaban J connectivity index is 1.57. The first kappa shape index (κ1) is 22.3. The molecule has 31 heavy (non-hydrogen) atoms. The Labute approximate surface area is 186 Å². The van der Waals surface area contributed by atoms with Crippen molar-refractivity contribution in [1.29, 1.82) is 5.26 Å². The number of nitriles is 1. The number of hydrogen-bond acceptors (Lipinski definition) is 4. The summed E-state index contributed by atoms with van der Waals surface area (Å²) in [6, 6.07) is 13.1. The van der Waals surface area contributed by atoms with Crippen LogP contribution in [0.5, 0.6) is 0 Å². The highest BCUT2D eigenvalue weighted by molar-refractivity contribution is 6.32. The highest BCUT2D eigenvalue weighted by atomic mass is 35.5. The maximum absolute atomic E-state index is 12.5. The second kappa shape index (κ2) is 10.1. The minimum atomic E-state index is -0.367. The number of nitrogens with one attached hydrogen (secondary N) is 2. The largest absolute Gasteiger partial charge is 0.342 e. The number of rotatable bonds is 7. The molecule has 1 aliphatic rings. The zero-order chi connectivity index (χ0) is 22.4. The standard InChI is InChI=1S/C23H23ClN4O3/c1-2-3-10-28-14-17(11-21(28)29)23(31)26-18-7-4-15(5-8-18)22(30)27-19-9-6-16(13-25)20(24)12-19/h4-9,12,17H,2-3,10-11,14H2,1H3,(H,26,31)(H,27,30)/t17-/m1/s1. The van der Waals surface area contributed by atoms with Crippen LogP contribution in [-0.4, -0.2) is 35.7 Å². The Morgan fingerprint density at radius 2 is 1.87 bits per heavy atom. The zero-order valence-corrected chi connectivity index (χ0v) is 17.9. The van der Waals surface area contributed by atoms with Crippen molar-refractivity contribution in [2.75, 3.05) is 23.7 Å². The Morgan fingerprint density at radius 3 is 2.52 bits per heavy atom. The highest BCUT2D eigenvalue weighted by Crippen LogP contribution is 2.22. The lowest BCUT2D eigenvalue weighted by molar-refractivity contribution is -0.128. The summed E-state index contributed by atoms with van der Waals surface area (Å²) in [5.41, 5.74) is 1.77. The van der Waals surface area contributed by atoms with Crippen molar-refractivity contribution in [3.8, 4) is 6.07 Å². The molecule has 0 saturated carbocycles. The minimum Gasteiger partial charge on any atom is -0.342 e. The van der Waals surface area contributed by atoms with Crippen molar-refractivity contribution in [3.63, 3.8) is 0 Å². The van der Waals surface area contributed by atoms with Gasteiger partial charge in [-0.1, -0.05) is 24.9 Å². The lowest BCUT2D eigenvalue weighted by Gasteiger charge is -2.16. The van der Waals surface area contributed by atoms with E-state index in [0.29, 0.717) is 35.6 Å². The highest BCUT2D eigenvalue weighted by Gasteiger charge is 2.33. The van der Waals surface area contributed by atoms with E-state index < -0.39 is 0 Å². The lowest BCUT2D eigenvalue weighted by atomic mass is 10.1. The number of hydrogen-bond donors (Lipinski definition) is 2. The van der Waals surface area contributed by atoms with E-state index in [1.807, 2.05) is 6.07 Å². The van der Waals surface area contributed by atoms with Crippen molar-refractivity contribution in [1.82, 2.24) is 4.90 Å². The molecule has 1 heterocycles. The molecule has 0 aromatic heterocycles. The molecule has 160 valence electrons. The van der Waals surface area contributed by atoms with Crippen molar-refractivity contribution in [2.24, 2.45) is 5.92 Å². The van der Waals surface area contributed by atoms with E-state index in [1.54, 1.807) is 35.2 Å². The van der Waals surface area contributed by atoms with E-state index in [9.17, 15) is 14.4 Å². The monoisotopic (exact) mass is 438 g/mol. The summed E-state index contributed by atoms with van der Waals surface area (Å²) in [7, 11) is 0. The Bertz CT molecular complexity index is 1030. The van der Waals surface area contributed by atoms with Crippen LogP contribution in [0.4, 0.5) is 11.4 Å². The molecule has 2 aromatic carbocycles. The molecule has 0 aliphatic carbocycles. The number of likely N-dealkylation sites (tertiary alicyclic amines) is 1. The van der Waals surface area contributed by atoms with Gasteiger partial charge in [0.05, 0.1) is 16.5 Å². The van der Waals surface area contributed by atoms with Crippen molar-refractivity contribution in [3.05, 3.63) is 58.6 Å². The molecule has 3 amide bonds. The predicted molar refractivity (Wildman–Crippen MR) is 119 cm³/mol. The second-order valence-corrected chi connectivity index (χ2v) is 7.83. The molecule has 3 rings (SSSR count). The van der Waals surface area contributed by atoms with Gasteiger partial charge in [0.1, 0.15) is 6.07 Å². The lowest BCUT2D eigenvalue weighted by Crippen LogP contribution is -2.29. The Hall–Kier alpha value is -3.37. The molecule has 0 unspecified atom stereocenters. The smallest absolute Gasteiger partial charge is 0.255 e. The number of carbonyl (C=O) groups is 3. The molecule has 7 nitrogen and oxygen atoms in total. The molecule has 1 atom stereocenters. The maximum Gasteiger partial charge on any atom is 0.255 e. The predicted octanol–water partition coefficient (Wildman–Crippen LogP) is 4.05. The van der Waals surface area contributed by atoms with Gasteiger partial charge in [0, 0.05) is 36.4 Å². The number of anilines is 2. The van der Waals surface area contributed by atoms with Gasteiger partial charge < -0.3 is 15.5 Å². The van der Waals surface area contributed by atoms with Gasteiger partial charge in [0.25, 0.3) is 5.91 Å². The third kappa shape index (κ3) is 5.62. The first-order valence-corrected chi connectivity index (χ1v) is 10.5. The average Bonchev–Trinajstić information content (AvgIpc) is 3.13. The summed E-state index contributed by atoms with van der Waals surface area (Å²) in [6.45, 7) is 3.19. The molecule has 0 bridgehead atoms. The maximum atomic E-state index is 12.5. The summed E-state index contributed by atoms with van der Waals surface area (Å²) in [4.78, 5) is 38.7. The van der Waals surface area contributed by atoms with Crippen LogP contribution in [0.3, 0.4) is 0 Å². The van der Waals surface area contributed by atoms with Crippen LogP contribution in [0.15, 0.2) is 42.5 Å². The number of unbranched alkanes of at least 4 members (excludes halogenated alkanes) is 1. The van der Waals surface area contributed by atoms with Crippen LogP contribution < -0.4 is 10.6 Å². The molecular weight excluding hydrogens is 416 g/mol. The second-order valence-electron chi connectivity index (χ2n) is 7.42. The fourth-order valence-electron chi connectivity index (χ4n) is 3.35. The number of benzene rings is 2. The van der Waals surface area contributed by atoms with Gasteiger partial charge in [-0.15, -0.1) is 0 Å². The van der Waals surface area contributed by atoms with Gasteiger partial charge in [-0.3, -0.25) is 14.4 Å². The molecule has 1 saturated heterocycles. The van der Waals surface area contributed by atoms with Crippen LogP contribution >= 0.6 is 11.6 Å². The summed E-state index contributed by atoms with van der Waals surface area (Å²) in [5, 5.41) is 14.7. The van der Waals surface area contributed by atoms with Gasteiger partial charge in [-0.25, -0.2) is 0 Å². The average molecular weight is 439 g/mol. The van der Waals surface area contributed by atoms with Crippen LogP contribution in [0.25, 0.3) is 0 Å². The van der Waals surface area contributed by atoms with E-state index in [2.05, 4.69) is 17.6 Å². The molecule has 2 aromatic rings. The third-order valence-electron chi connectivity index (χ3n) is 5.13. The SMILES string of the molecule is CCCCN1C[C@H](C(=O)Nc2ccc(C(=O)Nc3ccc(C#N)c(Cl)c3)cc2)CC1=O. The fraction of sp³-hybridized carbons (Fsp3) is 0.304. The van der Waals surface area contributed by atoms with Crippen LogP contribution in [0, 0.1) is 17.2 Å². The van der Waals surface area contributed by atoms with Gasteiger partial charge in [0.2, 0.25) is 11.8 Å². The fourth-order valence-corrected chi connectivity index (χ4v) is 3.57. The number of amides is 3. The summed E-state index contributed by atoms with van der Waals surface area (Å²) < 4.78 is 0. The topological polar surface area (TPSA) is 102 Å². The van der Waals surface area contributed by atoms with E-state index in [-0.39, 0.29) is 35.1 Å². The van der Waals surface area contributed by atoms with Gasteiger partial charge in [0.15, 0.2) is 0 Å². The first-order valence-electron chi connectivity index (χ1n) is 10.1. The molecule has 1 aliphatic heterocycles. The van der Waals surface area contributed by atoms with Gasteiger partial charge in [-0.2, -0.15) is 5.26 Å². The van der Waals surface area contributed by atoms with Crippen molar-refractivity contribution in [2.45, 2.75) is 26.2 Å². The van der Waals surface area contributed by atoms with E-state index in [4.69, 9.17) is 16.9 Å². The first-order chi connectivity index (χ1) is 14.9. The quantitative estimate of drug-likeness (QED) is 0.680. The molecule has 0 spiro atoms. The Kier molecular flexibility index (Phi) is 7.27. The summed E-state index contributed by atoms with van der Waals surface area (Å²) in [5.74, 6) is -0.889. The summed E-state index contributed by atoms with van der Waals surface area (Å²) in [6.07, 6.45) is 2.15. The number of carbonyl (C=O) groups excluding carboxylic acids is 3. The normalized spacial score (nSPS) is 15.5. The van der Waals surface area contributed by atoms with Crippen LogP contribution in [0.1, 0.15) is 42.1 Å². The van der Waals surface area contributed by atoms with Crippen molar-refractivity contribution >= 4 is 40.7 Å². The van der Waals surface area contributed by atoms with Gasteiger partial charge in [-0.05, 0) is 48.9 Å². The van der Waals surface area contributed by atoms with Crippen LogP contribution in [-0.2, 0) is 9.59 Å². The third-order valence-corrected chi connectivity index (χ3v) is 5.44. The Morgan fingerprint density at radius 1 is 1.16 bits per heavy atom. The van der Waals surface area contributed by atoms with E-state index in [0.717, 1.165) is 12.8 Å². The molecule has 2 N–H and O–H groups in total. The minimum absolute atomic E-state index is 0.0172. The van der Waals surface area contributed by atoms with E-state index >= 15 is 0 Å². The molecule has 1 fully saturated rings.